The largest absolute Gasteiger partial charge is 0.399 e. The van der Waals surface area contributed by atoms with Gasteiger partial charge in [0.1, 0.15) is 29.5 Å². The molecule has 1 amide bonds. The van der Waals surface area contributed by atoms with E-state index in [0.29, 0.717) is 45.9 Å². The van der Waals surface area contributed by atoms with Crippen LogP contribution in [0.3, 0.4) is 0 Å². The summed E-state index contributed by atoms with van der Waals surface area (Å²) in [4.78, 5) is 23.1. The van der Waals surface area contributed by atoms with Crippen LogP contribution < -0.4 is 11.1 Å². The van der Waals surface area contributed by atoms with Crippen molar-refractivity contribution in [1.82, 2.24) is 29.6 Å². The molecule has 208 valence electrons. The minimum Gasteiger partial charge on any atom is -0.399 e. The number of hydrogen-bond donors (Lipinski definition) is 2. The first-order chi connectivity index (χ1) is 19.0. The molecule has 11 heteroatoms. The number of hydrogen-bond acceptors (Lipinski definition) is 6. The molecule has 2 aromatic carbocycles. The van der Waals surface area contributed by atoms with Crippen molar-refractivity contribution >= 4 is 41.7 Å². The summed E-state index contributed by atoms with van der Waals surface area (Å²) in [6, 6.07) is 12.7. The highest BCUT2D eigenvalue weighted by Gasteiger charge is 2.22. The normalized spacial score (nSPS) is 12.8. The van der Waals surface area contributed by atoms with E-state index in [4.69, 9.17) is 15.5 Å². The van der Waals surface area contributed by atoms with Gasteiger partial charge in [-0.15, -0.1) is 0 Å². The van der Waals surface area contributed by atoms with E-state index in [2.05, 4.69) is 35.0 Å². The molecule has 0 radical (unpaired) electrons. The van der Waals surface area contributed by atoms with Crippen LogP contribution in [0.2, 0.25) is 25.7 Å². The molecule has 0 aliphatic rings. The van der Waals surface area contributed by atoms with Crippen LogP contribution in [0, 0.1) is 5.82 Å². The molecule has 3 aromatic heterocycles. The summed E-state index contributed by atoms with van der Waals surface area (Å²) in [6.07, 6.45) is 3.37. The maximum absolute atomic E-state index is 13.9. The average Bonchev–Trinajstić information content (AvgIpc) is 3.43. The van der Waals surface area contributed by atoms with Crippen LogP contribution in [0.25, 0.3) is 33.5 Å². The lowest BCUT2D eigenvalue weighted by atomic mass is 10.1. The molecule has 0 saturated heterocycles. The Morgan fingerprint density at radius 1 is 1.18 bits per heavy atom. The Bertz CT molecular complexity index is 1690. The summed E-state index contributed by atoms with van der Waals surface area (Å²) >= 11 is 0. The third-order valence-corrected chi connectivity index (χ3v) is 8.58. The fourth-order valence-corrected chi connectivity index (χ4v) is 5.29. The molecule has 9 nitrogen and oxygen atoms in total. The highest BCUT2D eigenvalue weighted by Crippen LogP contribution is 2.29. The molecule has 5 aromatic rings. The van der Waals surface area contributed by atoms with Crippen molar-refractivity contribution in [3.8, 4) is 11.4 Å². The van der Waals surface area contributed by atoms with Crippen LogP contribution in [-0.2, 0) is 18.5 Å². The molecule has 0 aliphatic carbocycles. The highest BCUT2D eigenvalue weighted by molar-refractivity contribution is 6.76. The molecule has 0 fully saturated rings. The number of nitrogens with two attached hydrogens (primary N) is 1. The Morgan fingerprint density at radius 2 is 1.93 bits per heavy atom. The number of nitrogen functional groups attached to an aromatic ring is 1. The van der Waals surface area contributed by atoms with E-state index < -0.39 is 8.07 Å². The number of benzene rings is 2. The zero-order chi connectivity index (χ0) is 28.6. The van der Waals surface area contributed by atoms with Gasteiger partial charge in [0.25, 0.3) is 5.91 Å². The van der Waals surface area contributed by atoms with Crippen molar-refractivity contribution < 1.29 is 13.9 Å². The van der Waals surface area contributed by atoms with Crippen molar-refractivity contribution in [2.24, 2.45) is 7.05 Å². The van der Waals surface area contributed by atoms with Crippen LogP contribution >= 0.6 is 0 Å². The summed E-state index contributed by atoms with van der Waals surface area (Å²) in [7, 11) is 0.501. The molecule has 3 heterocycles. The van der Waals surface area contributed by atoms with E-state index >= 15 is 0 Å². The van der Waals surface area contributed by atoms with Crippen LogP contribution in [0.5, 0.6) is 0 Å². The first kappa shape index (κ1) is 27.5. The molecule has 1 atom stereocenters. The van der Waals surface area contributed by atoms with E-state index in [1.165, 1.54) is 12.1 Å². The van der Waals surface area contributed by atoms with E-state index in [0.717, 1.165) is 17.0 Å². The topological polar surface area (TPSA) is 113 Å². The Kier molecular flexibility index (Phi) is 7.43. The molecular weight excluding hydrogens is 525 g/mol. The number of anilines is 1. The second-order valence-electron chi connectivity index (χ2n) is 11.3. The fourth-order valence-electron chi connectivity index (χ4n) is 4.53. The second kappa shape index (κ2) is 10.8. The third-order valence-electron chi connectivity index (χ3n) is 6.88. The quantitative estimate of drug-likeness (QED) is 0.140. The number of ether oxygens (including phenoxy) is 1. The number of aryl methyl sites for hydroxylation is 1. The van der Waals surface area contributed by atoms with Crippen LogP contribution in [-0.4, -0.2) is 44.9 Å². The van der Waals surface area contributed by atoms with Gasteiger partial charge in [0.05, 0.1) is 23.3 Å². The number of rotatable bonds is 9. The fraction of sp³-hybridized carbons (Fsp3) is 0.310. The van der Waals surface area contributed by atoms with E-state index in [1.54, 1.807) is 30.2 Å². The maximum Gasteiger partial charge on any atom is 0.255 e. The van der Waals surface area contributed by atoms with Gasteiger partial charge in [-0.1, -0.05) is 31.8 Å². The molecule has 40 heavy (non-hydrogen) atoms. The molecule has 5 rings (SSSR count). The number of nitrogens with one attached hydrogen (secondary N) is 1. The Morgan fingerprint density at radius 3 is 2.65 bits per heavy atom. The predicted octanol–water partition coefficient (Wildman–Crippen LogP) is 5.51. The molecule has 0 unspecified atom stereocenters. The summed E-state index contributed by atoms with van der Waals surface area (Å²) in [5, 5.41) is 8.39. The Hall–Kier alpha value is -4.09. The molecule has 3 N–H and O–H groups in total. The summed E-state index contributed by atoms with van der Waals surface area (Å²) < 4.78 is 23.3. The van der Waals surface area contributed by atoms with Gasteiger partial charge in [-0.2, -0.15) is 5.10 Å². The number of amides is 1. The van der Waals surface area contributed by atoms with Gasteiger partial charge in [-0.05, 0) is 48.9 Å². The van der Waals surface area contributed by atoms with Gasteiger partial charge < -0.3 is 20.4 Å². The zero-order valence-corrected chi connectivity index (χ0v) is 24.4. The Balaban J connectivity index is 1.52. The van der Waals surface area contributed by atoms with Crippen LogP contribution in [0.1, 0.15) is 28.9 Å². The molecule has 0 aliphatic heterocycles. The summed E-state index contributed by atoms with van der Waals surface area (Å²) in [5.41, 5.74) is 10.5. The number of aromatic nitrogens is 5. The van der Waals surface area contributed by atoms with Crippen molar-refractivity contribution in [3.63, 3.8) is 0 Å². The SMILES string of the molecule is C[C@@H](NC(=O)c1cn(COCC[Si](C)(C)C)c2ncc(-c3nn(C)c4cc(F)ccc34)nc12)c1ccc(N)cc1. The maximum atomic E-state index is 13.9. The van der Waals surface area contributed by atoms with Crippen molar-refractivity contribution in [2.75, 3.05) is 12.3 Å². The van der Waals surface area contributed by atoms with E-state index in [1.807, 2.05) is 35.8 Å². The van der Waals surface area contributed by atoms with Gasteiger partial charge in [0.15, 0.2) is 5.65 Å². The van der Waals surface area contributed by atoms with E-state index in [-0.39, 0.29) is 24.5 Å². The molecule has 0 bridgehead atoms. The molecule has 0 spiro atoms. The lowest BCUT2D eigenvalue weighted by molar-refractivity contribution is 0.0890. The minimum atomic E-state index is -1.25. The number of halogens is 1. The standard InChI is InChI=1S/C29H34FN7O2Si/c1-18(19-6-9-21(31)10-7-19)33-29(38)23-16-37(17-39-12-13-40(3,4)5)28-27(23)34-24(15-32-28)26-22-11-8-20(30)14-25(22)36(2)35-26/h6-11,14-16,18H,12-13,17,31H2,1-5H3,(H,33,38)/t18-/m1/s1. The van der Waals surface area contributed by atoms with Gasteiger partial charge >= 0.3 is 0 Å². The third kappa shape index (κ3) is 5.75. The minimum absolute atomic E-state index is 0.252. The number of carbonyl (C=O) groups excluding carboxylic acids is 1. The number of carbonyl (C=O) groups is 1. The second-order valence-corrected chi connectivity index (χ2v) is 16.9. The smallest absolute Gasteiger partial charge is 0.255 e. The van der Waals surface area contributed by atoms with Crippen molar-refractivity contribution in [3.05, 3.63) is 71.8 Å². The first-order valence-electron chi connectivity index (χ1n) is 13.2. The average molecular weight is 560 g/mol. The molecular formula is C29H34FN7O2Si. The van der Waals surface area contributed by atoms with E-state index in [9.17, 15) is 9.18 Å². The molecule has 0 saturated carbocycles. The monoisotopic (exact) mass is 559 g/mol. The first-order valence-corrected chi connectivity index (χ1v) is 16.9. The van der Waals surface area contributed by atoms with Crippen molar-refractivity contribution in [2.45, 2.75) is 45.4 Å². The zero-order valence-electron chi connectivity index (χ0n) is 23.4. The number of fused-ring (bicyclic) bond motifs is 2. The van der Waals surface area contributed by atoms with Crippen LogP contribution in [0.4, 0.5) is 10.1 Å². The van der Waals surface area contributed by atoms with Gasteiger partial charge in [0, 0.05) is 39.0 Å². The lowest BCUT2D eigenvalue weighted by Gasteiger charge is -2.15. The van der Waals surface area contributed by atoms with Gasteiger partial charge in [-0.3, -0.25) is 9.48 Å². The lowest BCUT2D eigenvalue weighted by Crippen LogP contribution is -2.26. The Labute approximate surface area is 233 Å². The van der Waals surface area contributed by atoms with Gasteiger partial charge in [0.2, 0.25) is 0 Å². The van der Waals surface area contributed by atoms with Gasteiger partial charge in [-0.25, -0.2) is 14.4 Å². The summed E-state index contributed by atoms with van der Waals surface area (Å²) in [5.74, 6) is -0.626. The number of nitrogens with zero attached hydrogens (tertiary/aromatic N) is 5. The van der Waals surface area contributed by atoms with Crippen molar-refractivity contribution in [1.29, 1.82) is 0 Å². The summed E-state index contributed by atoms with van der Waals surface area (Å²) in [6.45, 7) is 9.70. The van der Waals surface area contributed by atoms with Crippen LogP contribution in [0.15, 0.2) is 54.9 Å². The predicted molar refractivity (Wildman–Crippen MR) is 158 cm³/mol. The highest BCUT2D eigenvalue weighted by atomic mass is 28.3.